The molecule has 1 heterocycles. The highest BCUT2D eigenvalue weighted by molar-refractivity contribution is 5.98. The number of ketones is 1. The molecule has 1 aliphatic rings. The predicted octanol–water partition coefficient (Wildman–Crippen LogP) is 4.44. The number of benzene rings is 2. The van der Waals surface area contributed by atoms with E-state index in [0.29, 0.717) is 17.9 Å². The number of hydrogen-bond acceptors (Lipinski definition) is 4. The molecule has 2 aromatic carbocycles. The van der Waals surface area contributed by atoms with Crippen LogP contribution >= 0.6 is 0 Å². The molecule has 124 valence electrons. The average Bonchev–Trinajstić information content (AvgIpc) is 2.64. The van der Waals surface area contributed by atoms with Crippen LogP contribution in [0.4, 0.5) is 11.6 Å². The van der Waals surface area contributed by atoms with Crippen molar-refractivity contribution in [2.45, 2.75) is 25.7 Å². The van der Waals surface area contributed by atoms with Crippen molar-refractivity contribution < 1.29 is 4.79 Å². The van der Waals surface area contributed by atoms with Gasteiger partial charge in [-0.05, 0) is 37.0 Å². The van der Waals surface area contributed by atoms with Crippen LogP contribution in [0.1, 0.15) is 39.5 Å². The Morgan fingerprint density at radius 2 is 1.76 bits per heavy atom. The first-order valence-corrected chi connectivity index (χ1v) is 8.47. The molecule has 0 bridgehead atoms. The van der Waals surface area contributed by atoms with E-state index in [4.69, 9.17) is 0 Å². The Morgan fingerprint density at radius 1 is 1.00 bits per heavy atom. The molecule has 0 radical (unpaired) electrons. The first-order chi connectivity index (χ1) is 12.2. The number of anilines is 2. The fourth-order valence-corrected chi connectivity index (χ4v) is 3.23. The number of carbonyl (C=O) groups is 1. The van der Waals surface area contributed by atoms with Crippen LogP contribution in [0.2, 0.25) is 0 Å². The van der Waals surface area contributed by atoms with Crippen LogP contribution in [-0.2, 0) is 6.42 Å². The number of hydrogen-bond donors (Lipinski definition) is 1. The van der Waals surface area contributed by atoms with Gasteiger partial charge in [0.1, 0.15) is 0 Å². The third-order valence-electron chi connectivity index (χ3n) is 4.62. The highest BCUT2D eigenvalue weighted by Gasteiger charge is 2.27. The zero-order valence-electron chi connectivity index (χ0n) is 14.1. The maximum atomic E-state index is 12.5. The first kappa shape index (κ1) is 15.5. The molecular formula is C21H19N3O. The quantitative estimate of drug-likeness (QED) is 0.772. The normalized spacial score (nSPS) is 16.4. The number of fused-ring (bicyclic) bond motifs is 1. The van der Waals surface area contributed by atoms with E-state index in [-0.39, 0.29) is 11.7 Å². The van der Waals surface area contributed by atoms with Gasteiger partial charge in [0.2, 0.25) is 5.95 Å². The Kier molecular flexibility index (Phi) is 4.02. The number of rotatable bonds is 3. The number of aryl methyl sites for hydroxylation is 1. The Labute approximate surface area is 147 Å². The third-order valence-corrected chi connectivity index (χ3v) is 4.62. The Bertz CT molecular complexity index is 904. The summed E-state index contributed by atoms with van der Waals surface area (Å²) in [6.45, 7) is 2.05. The Hall–Kier alpha value is -3.01. The lowest BCUT2D eigenvalue weighted by atomic mass is 9.82. The number of nitrogens with zero attached hydrogens (tertiary/aromatic N) is 2. The Morgan fingerprint density at radius 3 is 2.52 bits per heavy atom. The number of aromatic nitrogens is 2. The summed E-state index contributed by atoms with van der Waals surface area (Å²) >= 11 is 0. The molecule has 0 saturated carbocycles. The van der Waals surface area contributed by atoms with Crippen molar-refractivity contribution in [2.24, 2.45) is 0 Å². The molecule has 3 aromatic rings. The van der Waals surface area contributed by atoms with Crippen LogP contribution in [0.3, 0.4) is 0 Å². The maximum Gasteiger partial charge on any atom is 0.227 e. The van der Waals surface area contributed by atoms with Crippen molar-refractivity contribution in [1.82, 2.24) is 9.97 Å². The van der Waals surface area contributed by atoms with E-state index in [1.807, 2.05) is 42.5 Å². The SMILES string of the molecule is Cc1ccc(Nc2ncc3c(n2)C[C@@H](c2ccccc2)CC3=O)cc1. The van der Waals surface area contributed by atoms with Gasteiger partial charge >= 0.3 is 0 Å². The van der Waals surface area contributed by atoms with Crippen LogP contribution in [0.15, 0.2) is 60.8 Å². The van der Waals surface area contributed by atoms with Gasteiger partial charge in [-0.2, -0.15) is 0 Å². The highest BCUT2D eigenvalue weighted by atomic mass is 16.1. The Balaban J connectivity index is 1.61. The van der Waals surface area contributed by atoms with E-state index in [0.717, 1.165) is 17.8 Å². The first-order valence-electron chi connectivity index (χ1n) is 8.47. The molecule has 1 aromatic heterocycles. The summed E-state index contributed by atoms with van der Waals surface area (Å²) < 4.78 is 0. The summed E-state index contributed by atoms with van der Waals surface area (Å²) in [6.07, 6.45) is 2.93. The van der Waals surface area contributed by atoms with Crippen LogP contribution in [0.25, 0.3) is 0 Å². The van der Waals surface area contributed by atoms with Crippen LogP contribution < -0.4 is 5.32 Å². The number of Topliss-reactive ketones (excluding diaryl/α,β-unsaturated/α-hetero) is 1. The van der Waals surface area contributed by atoms with Gasteiger partial charge in [-0.1, -0.05) is 48.0 Å². The minimum Gasteiger partial charge on any atom is -0.324 e. The summed E-state index contributed by atoms with van der Waals surface area (Å²) in [7, 11) is 0. The molecule has 0 fully saturated rings. The van der Waals surface area contributed by atoms with Gasteiger partial charge in [-0.3, -0.25) is 4.79 Å². The zero-order chi connectivity index (χ0) is 17.2. The van der Waals surface area contributed by atoms with Gasteiger partial charge in [0, 0.05) is 18.3 Å². The smallest absolute Gasteiger partial charge is 0.227 e. The fraction of sp³-hybridized carbons (Fsp3) is 0.190. The summed E-state index contributed by atoms with van der Waals surface area (Å²) in [5.74, 6) is 0.837. The third kappa shape index (κ3) is 3.29. The molecule has 0 unspecified atom stereocenters. The molecule has 1 atom stereocenters. The lowest BCUT2D eigenvalue weighted by Gasteiger charge is -2.23. The number of carbonyl (C=O) groups excluding carboxylic acids is 1. The van der Waals surface area contributed by atoms with E-state index in [9.17, 15) is 4.79 Å². The van der Waals surface area contributed by atoms with Gasteiger partial charge in [-0.15, -0.1) is 0 Å². The minimum absolute atomic E-state index is 0.122. The monoisotopic (exact) mass is 329 g/mol. The van der Waals surface area contributed by atoms with Gasteiger partial charge in [0.05, 0.1) is 11.3 Å². The number of nitrogens with one attached hydrogen (secondary N) is 1. The molecule has 0 saturated heterocycles. The van der Waals surface area contributed by atoms with Crippen molar-refractivity contribution in [3.05, 3.63) is 83.2 Å². The predicted molar refractivity (Wildman–Crippen MR) is 98.3 cm³/mol. The molecule has 0 amide bonds. The second-order valence-corrected chi connectivity index (χ2v) is 6.48. The van der Waals surface area contributed by atoms with E-state index in [2.05, 4.69) is 34.3 Å². The van der Waals surface area contributed by atoms with Crippen LogP contribution in [0.5, 0.6) is 0 Å². The van der Waals surface area contributed by atoms with Gasteiger partial charge < -0.3 is 5.32 Å². The van der Waals surface area contributed by atoms with E-state index in [1.165, 1.54) is 11.1 Å². The molecule has 0 aliphatic heterocycles. The molecule has 1 aliphatic carbocycles. The van der Waals surface area contributed by atoms with Crippen molar-refractivity contribution in [1.29, 1.82) is 0 Å². The second kappa shape index (κ2) is 6.48. The van der Waals surface area contributed by atoms with Crippen molar-refractivity contribution in [2.75, 3.05) is 5.32 Å². The summed E-state index contributed by atoms with van der Waals surface area (Å²) in [6, 6.07) is 18.2. The second-order valence-electron chi connectivity index (χ2n) is 6.48. The molecule has 1 N–H and O–H groups in total. The lowest BCUT2D eigenvalue weighted by molar-refractivity contribution is 0.0962. The van der Waals surface area contributed by atoms with E-state index >= 15 is 0 Å². The molecule has 4 nitrogen and oxygen atoms in total. The van der Waals surface area contributed by atoms with Crippen LogP contribution in [0, 0.1) is 6.92 Å². The fourth-order valence-electron chi connectivity index (χ4n) is 3.23. The van der Waals surface area contributed by atoms with Crippen molar-refractivity contribution >= 4 is 17.4 Å². The van der Waals surface area contributed by atoms with Gasteiger partial charge in [0.15, 0.2) is 5.78 Å². The molecule has 4 heteroatoms. The standard InChI is InChI=1S/C21H19N3O/c1-14-7-9-17(10-8-14)23-21-22-13-18-19(24-21)11-16(12-20(18)25)15-5-3-2-4-6-15/h2-10,13,16H,11-12H2,1H3,(H,22,23,24)/t16-/m1/s1. The summed E-state index contributed by atoms with van der Waals surface area (Å²) in [4.78, 5) is 21.4. The molecular weight excluding hydrogens is 310 g/mol. The topological polar surface area (TPSA) is 54.9 Å². The maximum absolute atomic E-state index is 12.5. The lowest BCUT2D eigenvalue weighted by Crippen LogP contribution is -2.21. The van der Waals surface area contributed by atoms with Crippen molar-refractivity contribution in [3.63, 3.8) is 0 Å². The van der Waals surface area contributed by atoms with E-state index in [1.54, 1.807) is 6.20 Å². The molecule has 0 spiro atoms. The van der Waals surface area contributed by atoms with E-state index < -0.39 is 0 Å². The molecule has 4 rings (SSSR count). The zero-order valence-corrected chi connectivity index (χ0v) is 14.1. The molecule has 25 heavy (non-hydrogen) atoms. The van der Waals surface area contributed by atoms with Crippen LogP contribution in [-0.4, -0.2) is 15.8 Å². The highest BCUT2D eigenvalue weighted by Crippen LogP contribution is 2.32. The largest absolute Gasteiger partial charge is 0.324 e. The van der Waals surface area contributed by atoms with Gasteiger partial charge in [-0.25, -0.2) is 9.97 Å². The summed E-state index contributed by atoms with van der Waals surface area (Å²) in [5.41, 5.74) is 4.81. The minimum atomic E-state index is 0.122. The summed E-state index contributed by atoms with van der Waals surface area (Å²) in [5, 5.41) is 3.22. The van der Waals surface area contributed by atoms with Crippen molar-refractivity contribution in [3.8, 4) is 0 Å². The average molecular weight is 329 g/mol. The van der Waals surface area contributed by atoms with Gasteiger partial charge in [0.25, 0.3) is 0 Å².